The van der Waals surface area contributed by atoms with Gasteiger partial charge in [0.2, 0.25) is 0 Å². The molecule has 0 fully saturated rings. The fourth-order valence-electron chi connectivity index (χ4n) is 0. The van der Waals surface area contributed by atoms with E-state index in [2.05, 4.69) is 4.74 Å². The lowest BCUT2D eigenvalue weighted by Gasteiger charge is -1.76. The lowest BCUT2D eigenvalue weighted by atomic mass is 10.9. The predicted octanol–water partition coefficient (Wildman–Crippen LogP) is 0.765. The van der Waals surface area contributed by atoms with E-state index >= 15 is 0 Å². The Morgan fingerprint density at radius 1 is 1.60 bits per heavy atom. The van der Waals surface area contributed by atoms with Crippen molar-refractivity contribution in [3.63, 3.8) is 0 Å². The zero-order valence-corrected chi connectivity index (χ0v) is 4.62. The predicted molar refractivity (Wildman–Crippen MR) is 27.9 cm³/mol. The topological polar surface area (TPSA) is 9.23 Å². The van der Waals surface area contributed by atoms with Crippen molar-refractivity contribution in [2.24, 2.45) is 0 Å². The van der Waals surface area contributed by atoms with E-state index < -0.39 is 0 Å². The minimum atomic E-state index is 0. The zero-order valence-electron chi connectivity index (χ0n) is 3.62. The van der Waals surface area contributed by atoms with Gasteiger partial charge in [-0.15, -0.1) is 0 Å². The van der Waals surface area contributed by atoms with E-state index in [1.54, 1.807) is 7.11 Å². The van der Waals surface area contributed by atoms with Gasteiger partial charge in [0.15, 0.2) is 0 Å². The van der Waals surface area contributed by atoms with Gasteiger partial charge >= 0.3 is 0 Å². The highest BCUT2D eigenvalue weighted by Crippen LogP contribution is 1.52. The third-order valence-corrected chi connectivity index (χ3v) is 0.289. The largest absolute Gasteiger partial charge is 0.385 e. The van der Waals surface area contributed by atoms with Gasteiger partial charge in [0.05, 0.1) is 0 Å². The van der Waals surface area contributed by atoms with Crippen molar-refractivity contribution in [3.05, 3.63) is 0 Å². The van der Waals surface area contributed by atoms with E-state index in [4.69, 9.17) is 0 Å². The van der Waals surface area contributed by atoms with Gasteiger partial charge in [0.1, 0.15) is 0 Å². The van der Waals surface area contributed by atoms with Gasteiger partial charge in [-0.05, 0) is 6.92 Å². The van der Waals surface area contributed by atoms with Crippen molar-refractivity contribution in [1.82, 2.24) is 0 Å². The first-order valence-electron chi connectivity index (χ1n) is 1.40. The summed E-state index contributed by atoms with van der Waals surface area (Å²) < 4.78 is 4.54. The van der Waals surface area contributed by atoms with Crippen LogP contribution in [-0.2, 0) is 4.74 Å². The lowest BCUT2D eigenvalue weighted by molar-refractivity contribution is 0.215. The summed E-state index contributed by atoms with van der Waals surface area (Å²) in [7, 11) is 1.68. The van der Waals surface area contributed by atoms with Crippen molar-refractivity contribution in [1.29, 1.82) is 0 Å². The maximum atomic E-state index is 4.54. The van der Waals surface area contributed by atoms with Crippen LogP contribution in [0.4, 0.5) is 0 Å². The Morgan fingerprint density at radius 3 is 1.80 bits per heavy atom. The van der Waals surface area contributed by atoms with Gasteiger partial charge in [-0.1, -0.05) is 0 Å². The van der Waals surface area contributed by atoms with E-state index in [0.717, 1.165) is 6.61 Å². The van der Waals surface area contributed by atoms with E-state index in [-0.39, 0.29) is 13.5 Å². The van der Waals surface area contributed by atoms with Crippen molar-refractivity contribution in [2.45, 2.75) is 6.92 Å². The number of hydrogen-bond donors (Lipinski definition) is 0. The van der Waals surface area contributed by atoms with Crippen LogP contribution in [0.3, 0.4) is 0 Å². The number of methoxy groups -OCH3 is 1. The van der Waals surface area contributed by atoms with Crippen LogP contribution in [0.1, 0.15) is 6.92 Å². The smallest absolute Gasteiger partial charge is 0.0433 e. The molecule has 0 heterocycles. The number of hydrogen-bond acceptors (Lipinski definition) is 1. The molecule has 0 aliphatic rings. The van der Waals surface area contributed by atoms with Crippen LogP contribution >= 0.6 is 13.5 Å². The summed E-state index contributed by atoms with van der Waals surface area (Å²) in [6, 6.07) is 0. The minimum Gasteiger partial charge on any atom is -0.385 e. The van der Waals surface area contributed by atoms with Crippen LogP contribution in [-0.4, -0.2) is 13.7 Å². The molecule has 0 aromatic carbocycles. The molecule has 0 aliphatic heterocycles. The van der Waals surface area contributed by atoms with Gasteiger partial charge in [-0.2, -0.15) is 13.5 Å². The first kappa shape index (κ1) is 9.00. The number of rotatable bonds is 1. The zero-order chi connectivity index (χ0) is 3.41. The number of ether oxygens (including phenoxy) is 1. The van der Waals surface area contributed by atoms with Gasteiger partial charge in [-0.25, -0.2) is 0 Å². The fraction of sp³-hybridized carbons (Fsp3) is 1.00. The second kappa shape index (κ2) is 8.85. The summed E-state index contributed by atoms with van der Waals surface area (Å²) in [6.07, 6.45) is 0. The molecule has 0 saturated carbocycles. The van der Waals surface area contributed by atoms with Gasteiger partial charge in [0.25, 0.3) is 0 Å². The monoisotopic (exact) mass is 94.0 g/mol. The standard InChI is InChI=1S/C3H8O.H2S/c1-3-4-2;/h3H2,1-2H3;1H2. The molecular weight excluding hydrogens is 84.1 g/mol. The highest BCUT2D eigenvalue weighted by atomic mass is 32.1. The van der Waals surface area contributed by atoms with Crippen LogP contribution in [0.25, 0.3) is 0 Å². The maximum Gasteiger partial charge on any atom is 0.0433 e. The highest BCUT2D eigenvalue weighted by molar-refractivity contribution is 7.59. The Labute approximate surface area is 39.8 Å². The summed E-state index contributed by atoms with van der Waals surface area (Å²) in [6.45, 7) is 2.78. The Kier molecular flexibility index (Phi) is 15.9. The molecule has 0 aliphatic carbocycles. The highest BCUT2D eigenvalue weighted by Gasteiger charge is 1.51. The first-order valence-corrected chi connectivity index (χ1v) is 1.40. The van der Waals surface area contributed by atoms with Crippen molar-refractivity contribution >= 4 is 13.5 Å². The third-order valence-electron chi connectivity index (χ3n) is 0.289. The molecule has 1 nitrogen and oxygen atoms in total. The van der Waals surface area contributed by atoms with Crippen LogP contribution < -0.4 is 0 Å². The molecule has 0 spiro atoms. The molecule has 5 heavy (non-hydrogen) atoms. The molecule has 0 aromatic rings. The van der Waals surface area contributed by atoms with Crippen LogP contribution in [0.2, 0.25) is 0 Å². The van der Waals surface area contributed by atoms with E-state index in [1.807, 2.05) is 6.92 Å². The van der Waals surface area contributed by atoms with Gasteiger partial charge in [0, 0.05) is 13.7 Å². The summed E-state index contributed by atoms with van der Waals surface area (Å²) in [5.41, 5.74) is 0. The third kappa shape index (κ3) is 13.4. The first-order chi connectivity index (χ1) is 1.91. The Hall–Kier alpha value is 0.310. The molecular formula is C3H10OS. The molecule has 0 aromatic heterocycles. The van der Waals surface area contributed by atoms with Crippen LogP contribution in [0.5, 0.6) is 0 Å². The Balaban J connectivity index is 0. The normalized spacial score (nSPS) is 6.00. The second-order valence-electron chi connectivity index (χ2n) is 0.577. The molecule has 0 amide bonds. The van der Waals surface area contributed by atoms with Crippen molar-refractivity contribution in [3.8, 4) is 0 Å². The summed E-state index contributed by atoms with van der Waals surface area (Å²) in [4.78, 5) is 0. The molecule has 0 saturated heterocycles. The van der Waals surface area contributed by atoms with E-state index in [9.17, 15) is 0 Å². The molecule has 0 N–H and O–H groups in total. The summed E-state index contributed by atoms with van der Waals surface area (Å²) >= 11 is 0. The van der Waals surface area contributed by atoms with Gasteiger partial charge < -0.3 is 4.74 Å². The van der Waals surface area contributed by atoms with E-state index in [1.165, 1.54) is 0 Å². The van der Waals surface area contributed by atoms with E-state index in [0.29, 0.717) is 0 Å². The molecule has 0 unspecified atom stereocenters. The molecule has 0 atom stereocenters. The second-order valence-corrected chi connectivity index (χ2v) is 0.577. The fourth-order valence-corrected chi connectivity index (χ4v) is 0. The summed E-state index contributed by atoms with van der Waals surface area (Å²) in [5, 5.41) is 0. The van der Waals surface area contributed by atoms with Gasteiger partial charge in [-0.3, -0.25) is 0 Å². The average molecular weight is 94.2 g/mol. The molecule has 0 radical (unpaired) electrons. The Morgan fingerprint density at radius 2 is 1.80 bits per heavy atom. The molecule has 2 heteroatoms. The Bertz CT molecular complexity index is 8.85. The van der Waals surface area contributed by atoms with Crippen LogP contribution in [0.15, 0.2) is 0 Å². The molecule has 34 valence electrons. The average Bonchev–Trinajstić information content (AvgIpc) is 1.37. The maximum absolute atomic E-state index is 4.54. The van der Waals surface area contributed by atoms with Crippen LogP contribution in [0, 0.1) is 0 Å². The van der Waals surface area contributed by atoms with Crippen molar-refractivity contribution in [2.75, 3.05) is 13.7 Å². The summed E-state index contributed by atoms with van der Waals surface area (Å²) in [5.74, 6) is 0. The molecule has 0 rings (SSSR count). The minimum absolute atomic E-state index is 0. The lowest BCUT2D eigenvalue weighted by Crippen LogP contribution is -1.73. The quantitative estimate of drug-likeness (QED) is 0.466. The van der Waals surface area contributed by atoms with Crippen molar-refractivity contribution < 1.29 is 4.74 Å². The molecule has 0 bridgehead atoms. The SMILES string of the molecule is CCOC.S.